The van der Waals surface area contributed by atoms with E-state index < -0.39 is 0 Å². The number of nitrogens with two attached hydrogens (primary N) is 1. The number of halogens is 1. The Hall–Kier alpha value is -2.53. The first-order chi connectivity index (χ1) is 10.6. The van der Waals surface area contributed by atoms with Crippen LogP contribution < -0.4 is 5.73 Å². The average Bonchev–Trinajstić information content (AvgIpc) is 2.94. The molecular weight excluding hydrogens is 279 g/mol. The number of aryl methyl sites for hydroxylation is 2. The van der Waals surface area contributed by atoms with Crippen LogP contribution in [0.5, 0.6) is 0 Å². The SMILES string of the molecule is Cc1ccc(-n2nnc(CN)c2-c2cccc(F)c2)cc1C. The van der Waals surface area contributed by atoms with Crippen LogP contribution in [0.4, 0.5) is 4.39 Å². The number of hydrogen-bond donors (Lipinski definition) is 1. The summed E-state index contributed by atoms with van der Waals surface area (Å²) in [5.41, 5.74) is 11.1. The van der Waals surface area contributed by atoms with E-state index in [0.29, 0.717) is 11.3 Å². The van der Waals surface area contributed by atoms with E-state index in [1.807, 2.05) is 31.2 Å². The predicted molar refractivity (Wildman–Crippen MR) is 84.1 cm³/mol. The van der Waals surface area contributed by atoms with Crippen molar-refractivity contribution in [3.8, 4) is 16.9 Å². The molecule has 0 amide bonds. The molecule has 0 aliphatic rings. The Morgan fingerprint density at radius 3 is 2.59 bits per heavy atom. The topological polar surface area (TPSA) is 56.7 Å². The molecule has 22 heavy (non-hydrogen) atoms. The van der Waals surface area contributed by atoms with Gasteiger partial charge in [0.1, 0.15) is 11.5 Å². The van der Waals surface area contributed by atoms with Gasteiger partial charge in [0, 0.05) is 12.1 Å². The summed E-state index contributed by atoms with van der Waals surface area (Å²) in [7, 11) is 0. The molecule has 1 heterocycles. The number of aromatic nitrogens is 3. The van der Waals surface area contributed by atoms with Crippen molar-refractivity contribution >= 4 is 0 Å². The van der Waals surface area contributed by atoms with Gasteiger partial charge in [0.2, 0.25) is 0 Å². The van der Waals surface area contributed by atoms with Crippen LogP contribution in [0.2, 0.25) is 0 Å². The molecule has 0 saturated carbocycles. The normalized spacial score (nSPS) is 10.9. The molecule has 112 valence electrons. The predicted octanol–water partition coefficient (Wildman–Crippen LogP) is 3.15. The van der Waals surface area contributed by atoms with Crippen LogP contribution in [0.3, 0.4) is 0 Å². The quantitative estimate of drug-likeness (QED) is 0.807. The van der Waals surface area contributed by atoms with Gasteiger partial charge in [-0.05, 0) is 49.2 Å². The Morgan fingerprint density at radius 1 is 1.09 bits per heavy atom. The second-order valence-corrected chi connectivity index (χ2v) is 5.28. The Balaban J connectivity index is 2.21. The largest absolute Gasteiger partial charge is 0.325 e. The number of hydrogen-bond acceptors (Lipinski definition) is 3. The summed E-state index contributed by atoms with van der Waals surface area (Å²) < 4.78 is 15.3. The van der Waals surface area contributed by atoms with E-state index in [1.54, 1.807) is 10.7 Å². The van der Waals surface area contributed by atoms with Gasteiger partial charge in [-0.25, -0.2) is 9.07 Å². The van der Waals surface area contributed by atoms with E-state index in [9.17, 15) is 4.39 Å². The minimum absolute atomic E-state index is 0.247. The molecule has 3 rings (SSSR count). The van der Waals surface area contributed by atoms with Crippen LogP contribution >= 0.6 is 0 Å². The van der Waals surface area contributed by atoms with Crippen LogP contribution in [0.1, 0.15) is 16.8 Å². The Morgan fingerprint density at radius 2 is 1.91 bits per heavy atom. The molecule has 1 aromatic heterocycles. The maximum atomic E-state index is 13.6. The van der Waals surface area contributed by atoms with E-state index in [1.165, 1.54) is 17.7 Å². The summed E-state index contributed by atoms with van der Waals surface area (Å²) in [6, 6.07) is 12.4. The summed E-state index contributed by atoms with van der Waals surface area (Å²) in [4.78, 5) is 0. The molecule has 0 radical (unpaired) electrons. The summed E-state index contributed by atoms with van der Waals surface area (Å²) in [6.07, 6.45) is 0. The number of nitrogens with zero attached hydrogens (tertiary/aromatic N) is 3. The summed E-state index contributed by atoms with van der Waals surface area (Å²) in [5.74, 6) is -0.298. The van der Waals surface area contributed by atoms with Crippen LogP contribution in [0.15, 0.2) is 42.5 Å². The highest BCUT2D eigenvalue weighted by Crippen LogP contribution is 2.26. The van der Waals surface area contributed by atoms with Crippen molar-refractivity contribution in [1.82, 2.24) is 15.0 Å². The molecule has 0 unspecified atom stereocenters. The summed E-state index contributed by atoms with van der Waals surface area (Å²) >= 11 is 0. The summed E-state index contributed by atoms with van der Waals surface area (Å²) in [5, 5.41) is 8.33. The van der Waals surface area contributed by atoms with E-state index in [2.05, 4.69) is 17.2 Å². The van der Waals surface area contributed by atoms with Gasteiger partial charge in [-0.2, -0.15) is 0 Å². The van der Waals surface area contributed by atoms with Crippen molar-refractivity contribution in [1.29, 1.82) is 0 Å². The molecule has 4 nitrogen and oxygen atoms in total. The van der Waals surface area contributed by atoms with Crippen LogP contribution in [0, 0.1) is 19.7 Å². The highest BCUT2D eigenvalue weighted by atomic mass is 19.1. The maximum absolute atomic E-state index is 13.6. The van der Waals surface area contributed by atoms with Gasteiger partial charge in [-0.3, -0.25) is 0 Å². The second-order valence-electron chi connectivity index (χ2n) is 5.28. The second kappa shape index (κ2) is 5.69. The molecule has 0 saturated heterocycles. The van der Waals surface area contributed by atoms with E-state index in [4.69, 9.17) is 5.73 Å². The monoisotopic (exact) mass is 296 g/mol. The zero-order chi connectivity index (χ0) is 15.7. The van der Waals surface area contributed by atoms with Gasteiger partial charge < -0.3 is 5.73 Å². The fraction of sp³-hybridized carbons (Fsp3) is 0.176. The van der Waals surface area contributed by atoms with E-state index in [0.717, 1.165) is 16.9 Å². The van der Waals surface area contributed by atoms with Crippen molar-refractivity contribution in [3.05, 3.63) is 65.1 Å². The van der Waals surface area contributed by atoms with E-state index >= 15 is 0 Å². The number of rotatable bonds is 3. The third-order valence-electron chi connectivity index (χ3n) is 3.77. The third-order valence-corrected chi connectivity index (χ3v) is 3.77. The van der Waals surface area contributed by atoms with Crippen LogP contribution in [-0.2, 0) is 6.54 Å². The Labute approximate surface area is 128 Å². The van der Waals surface area contributed by atoms with Gasteiger partial charge >= 0.3 is 0 Å². The van der Waals surface area contributed by atoms with Gasteiger partial charge in [-0.15, -0.1) is 5.10 Å². The molecule has 0 bridgehead atoms. The molecule has 2 aromatic carbocycles. The molecule has 0 spiro atoms. The molecule has 0 atom stereocenters. The van der Waals surface area contributed by atoms with Gasteiger partial charge in [0.05, 0.1) is 11.4 Å². The highest BCUT2D eigenvalue weighted by molar-refractivity contribution is 5.64. The molecule has 2 N–H and O–H groups in total. The molecule has 0 fully saturated rings. The molecule has 0 aliphatic carbocycles. The fourth-order valence-electron chi connectivity index (χ4n) is 2.41. The first kappa shape index (κ1) is 14.4. The summed E-state index contributed by atoms with van der Waals surface area (Å²) in [6.45, 7) is 4.34. The Kier molecular flexibility index (Phi) is 3.73. The van der Waals surface area contributed by atoms with Crippen molar-refractivity contribution in [2.24, 2.45) is 5.73 Å². The van der Waals surface area contributed by atoms with Gasteiger partial charge in [0.25, 0.3) is 0 Å². The lowest BCUT2D eigenvalue weighted by Crippen LogP contribution is -2.03. The average molecular weight is 296 g/mol. The highest BCUT2D eigenvalue weighted by Gasteiger charge is 2.16. The minimum atomic E-state index is -0.298. The van der Waals surface area contributed by atoms with Crippen molar-refractivity contribution in [3.63, 3.8) is 0 Å². The first-order valence-corrected chi connectivity index (χ1v) is 7.08. The minimum Gasteiger partial charge on any atom is -0.325 e. The molecule has 0 aliphatic heterocycles. The molecule has 5 heteroatoms. The van der Waals surface area contributed by atoms with Crippen LogP contribution in [0.25, 0.3) is 16.9 Å². The third kappa shape index (κ3) is 2.51. The number of benzene rings is 2. The van der Waals surface area contributed by atoms with Crippen molar-refractivity contribution in [2.75, 3.05) is 0 Å². The zero-order valence-corrected chi connectivity index (χ0v) is 12.5. The smallest absolute Gasteiger partial charge is 0.123 e. The lowest BCUT2D eigenvalue weighted by Gasteiger charge is -2.10. The maximum Gasteiger partial charge on any atom is 0.123 e. The van der Waals surface area contributed by atoms with E-state index in [-0.39, 0.29) is 12.4 Å². The molecule has 3 aromatic rings. The molecular formula is C17H17FN4. The lowest BCUT2D eigenvalue weighted by molar-refractivity contribution is 0.628. The van der Waals surface area contributed by atoms with Gasteiger partial charge in [0.15, 0.2) is 0 Å². The Bertz CT molecular complexity index is 823. The van der Waals surface area contributed by atoms with Crippen molar-refractivity contribution < 1.29 is 4.39 Å². The van der Waals surface area contributed by atoms with Crippen LogP contribution in [-0.4, -0.2) is 15.0 Å². The standard InChI is InChI=1S/C17H17FN4/c1-11-6-7-15(8-12(11)2)22-17(16(10-19)20-21-22)13-4-3-5-14(18)9-13/h3-9H,10,19H2,1-2H3. The van der Waals surface area contributed by atoms with Gasteiger partial charge in [-0.1, -0.05) is 23.4 Å². The fourth-order valence-corrected chi connectivity index (χ4v) is 2.41. The lowest BCUT2D eigenvalue weighted by atomic mass is 10.1. The first-order valence-electron chi connectivity index (χ1n) is 7.08. The van der Waals surface area contributed by atoms with Crippen molar-refractivity contribution in [2.45, 2.75) is 20.4 Å². The zero-order valence-electron chi connectivity index (χ0n) is 12.5.